The molecule has 0 radical (unpaired) electrons. The van der Waals surface area contributed by atoms with Crippen LogP contribution >= 0.6 is 0 Å². The van der Waals surface area contributed by atoms with Gasteiger partial charge in [0.15, 0.2) is 0 Å². The zero-order valence-electron chi connectivity index (χ0n) is 12.4. The average Bonchev–Trinajstić information content (AvgIpc) is 2.38. The molecule has 5 heteroatoms. The Balaban J connectivity index is 2.59. The zero-order valence-corrected chi connectivity index (χ0v) is 12.4. The number of hydrazone groups is 1. The highest BCUT2D eigenvalue weighted by Crippen LogP contribution is 2.21. The van der Waals surface area contributed by atoms with Gasteiger partial charge in [0.1, 0.15) is 0 Å². The van der Waals surface area contributed by atoms with Gasteiger partial charge >= 0.3 is 11.8 Å². The Morgan fingerprint density at radius 3 is 2.25 bits per heavy atom. The summed E-state index contributed by atoms with van der Waals surface area (Å²) in [6.45, 7) is 8.57. The lowest BCUT2D eigenvalue weighted by molar-refractivity contribution is -0.139. The summed E-state index contributed by atoms with van der Waals surface area (Å²) in [4.78, 5) is 22.4. The van der Waals surface area contributed by atoms with Gasteiger partial charge in [-0.2, -0.15) is 5.10 Å². The van der Waals surface area contributed by atoms with Crippen LogP contribution in [0, 0.1) is 0 Å². The van der Waals surface area contributed by atoms with Crippen LogP contribution in [0.4, 0.5) is 0 Å². The number of nitrogens with one attached hydrogen (secondary N) is 2. The molecule has 1 aromatic rings. The van der Waals surface area contributed by atoms with Crippen molar-refractivity contribution in [3.8, 4) is 0 Å². The monoisotopic (exact) mass is 275 g/mol. The molecule has 0 spiro atoms. The fraction of sp³-hybridized carbons (Fsp3) is 0.400. The number of benzene rings is 1. The van der Waals surface area contributed by atoms with Crippen molar-refractivity contribution in [3.63, 3.8) is 0 Å². The molecule has 0 aliphatic carbocycles. The van der Waals surface area contributed by atoms with E-state index in [0.29, 0.717) is 6.54 Å². The molecule has 20 heavy (non-hydrogen) atoms. The van der Waals surface area contributed by atoms with Crippen molar-refractivity contribution in [1.29, 1.82) is 0 Å². The molecule has 0 aliphatic heterocycles. The molecule has 0 fully saturated rings. The van der Waals surface area contributed by atoms with E-state index in [0.717, 1.165) is 5.56 Å². The predicted octanol–water partition coefficient (Wildman–Crippen LogP) is 1.57. The molecule has 0 unspecified atom stereocenters. The van der Waals surface area contributed by atoms with E-state index in [1.54, 1.807) is 6.92 Å². The molecule has 0 aromatic heterocycles. The van der Waals surface area contributed by atoms with Crippen LogP contribution in [0.5, 0.6) is 0 Å². The summed E-state index contributed by atoms with van der Waals surface area (Å²) in [7, 11) is 0. The number of carbonyl (C=O) groups excluding carboxylic acids is 2. The Hall–Kier alpha value is -2.17. The van der Waals surface area contributed by atoms with E-state index in [2.05, 4.69) is 36.6 Å². The highest BCUT2D eigenvalue weighted by atomic mass is 16.2. The molecule has 2 amide bonds. The minimum atomic E-state index is -0.769. The number of carbonyl (C=O) groups is 2. The first-order chi connectivity index (χ1) is 9.34. The average molecular weight is 275 g/mol. The molecule has 0 aliphatic rings. The van der Waals surface area contributed by atoms with Crippen molar-refractivity contribution in [2.75, 3.05) is 6.54 Å². The largest absolute Gasteiger partial charge is 0.348 e. The summed E-state index contributed by atoms with van der Waals surface area (Å²) in [6.07, 6.45) is 1.50. The van der Waals surface area contributed by atoms with Crippen molar-refractivity contribution in [3.05, 3.63) is 35.4 Å². The van der Waals surface area contributed by atoms with Crippen molar-refractivity contribution < 1.29 is 9.59 Å². The predicted molar refractivity (Wildman–Crippen MR) is 79.6 cm³/mol. The summed E-state index contributed by atoms with van der Waals surface area (Å²) in [5.74, 6) is -1.46. The Labute approximate surface area is 119 Å². The second kappa shape index (κ2) is 6.84. The van der Waals surface area contributed by atoms with E-state index in [-0.39, 0.29) is 5.41 Å². The Kier molecular flexibility index (Phi) is 5.43. The number of hydrogen-bond acceptors (Lipinski definition) is 3. The zero-order chi connectivity index (χ0) is 15.2. The fourth-order valence-corrected chi connectivity index (χ4v) is 1.53. The van der Waals surface area contributed by atoms with E-state index in [1.165, 1.54) is 11.8 Å². The van der Waals surface area contributed by atoms with Gasteiger partial charge in [-0.05, 0) is 23.5 Å². The van der Waals surface area contributed by atoms with Crippen LogP contribution in [0.2, 0.25) is 0 Å². The Morgan fingerprint density at radius 1 is 1.15 bits per heavy atom. The van der Waals surface area contributed by atoms with Gasteiger partial charge in [0.25, 0.3) is 0 Å². The van der Waals surface area contributed by atoms with E-state index in [1.807, 2.05) is 24.3 Å². The quantitative estimate of drug-likeness (QED) is 0.499. The van der Waals surface area contributed by atoms with Crippen molar-refractivity contribution in [1.82, 2.24) is 10.7 Å². The summed E-state index contributed by atoms with van der Waals surface area (Å²) in [5.41, 5.74) is 4.36. The van der Waals surface area contributed by atoms with Gasteiger partial charge in [0.2, 0.25) is 0 Å². The second-order valence-electron chi connectivity index (χ2n) is 5.43. The SMILES string of the molecule is CCNC(=O)C(=O)N/N=C/c1ccc(C(C)(C)C)cc1. The maximum Gasteiger partial charge on any atom is 0.329 e. The first kappa shape index (κ1) is 15.9. The van der Waals surface area contributed by atoms with E-state index >= 15 is 0 Å². The fourth-order valence-electron chi connectivity index (χ4n) is 1.53. The molecule has 0 bridgehead atoms. The lowest BCUT2D eigenvalue weighted by Crippen LogP contribution is -2.37. The third-order valence-electron chi connectivity index (χ3n) is 2.70. The molecule has 1 rings (SSSR count). The smallest absolute Gasteiger partial charge is 0.329 e. The number of hydrogen-bond donors (Lipinski definition) is 2. The number of amides is 2. The standard InChI is InChI=1S/C15H21N3O2/c1-5-16-13(19)14(20)18-17-10-11-6-8-12(9-7-11)15(2,3)4/h6-10H,5H2,1-4H3,(H,16,19)(H,18,20)/b17-10+. The maximum absolute atomic E-state index is 11.3. The normalized spacial score (nSPS) is 11.4. The second-order valence-corrected chi connectivity index (χ2v) is 5.43. The number of nitrogens with zero attached hydrogens (tertiary/aromatic N) is 1. The van der Waals surface area contributed by atoms with Crippen LogP contribution in [-0.4, -0.2) is 24.6 Å². The number of likely N-dealkylation sites (N-methyl/N-ethyl adjacent to an activating group) is 1. The topological polar surface area (TPSA) is 70.6 Å². The van der Waals surface area contributed by atoms with Crippen LogP contribution in [0.25, 0.3) is 0 Å². The van der Waals surface area contributed by atoms with Gasteiger partial charge in [0, 0.05) is 6.54 Å². The molecular formula is C15H21N3O2. The maximum atomic E-state index is 11.3. The van der Waals surface area contributed by atoms with E-state index in [4.69, 9.17) is 0 Å². The van der Waals surface area contributed by atoms with Crippen molar-refractivity contribution in [2.45, 2.75) is 33.1 Å². The molecule has 108 valence electrons. The molecule has 2 N–H and O–H groups in total. The molecule has 0 heterocycles. The summed E-state index contributed by atoms with van der Waals surface area (Å²) in [6, 6.07) is 7.88. The summed E-state index contributed by atoms with van der Waals surface area (Å²) in [5, 5.41) is 6.14. The van der Waals surface area contributed by atoms with Crippen LogP contribution in [-0.2, 0) is 15.0 Å². The summed E-state index contributed by atoms with van der Waals surface area (Å²) >= 11 is 0. The minimum absolute atomic E-state index is 0.0993. The highest BCUT2D eigenvalue weighted by molar-refractivity contribution is 6.35. The third kappa shape index (κ3) is 4.84. The molecule has 5 nitrogen and oxygen atoms in total. The minimum Gasteiger partial charge on any atom is -0.348 e. The van der Waals surface area contributed by atoms with Crippen LogP contribution in [0.15, 0.2) is 29.4 Å². The van der Waals surface area contributed by atoms with Gasteiger partial charge in [-0.1, -0.05) is 45.0 Å². The molecular weight excluding hydrogens is 254 g/mol. The summed E-state index contributed by atoms with van der Waals surface area (Å²) < 4.78 is 0. The first-order valence-electron chi connectivity index (χ1n) is 6.56. The van der Waals surface area contributed by atoms with Gasteiger partial charge in [-0.15, -0.1) is 0 Å². The van der Waals surface area contributed by atoms with Crippen molar-refractivity contribution in [2.24, 2.45) is 5.10 Å². The lowest BCUT2D eigenvalue weighted by atomic mass is 9.87. The molecule has 0 saturated carbocycles. The Bertz CT molecular complexity index is 499. The molecule has 0 saturated heterocycles. The molecule has 0 atom stereocenters. The van der Waals surface area contributed by atoms with Gasteiger partial charge in [0.05, 0.1) is 6.21 Å². The van der Waals surface area contributed by atoms with E-state index < -0.39 is 11.8 Å². The van der Waals surface area contributed by atoms with E-state index in [9.17, 15) is 9.59 Å². The number of rotatable bonds is 3. The van der Waals surface area contributed by atoms with Crippen LogP contribution < -0.4 is 10.7 Å². The van der Waals surface area contributed by atoms with Gasteiger partial charge < -0.3 is 5.32 Å². The van der Waals surface area contributed by atoms with Crippen LogP contribution in [0.3, 0.4) is 0 Å². The third-order valence-corrected chi connectivity index (χ3v) is 2.70. The highest BCUT2D eigenvalue weighted by Gasteiger charge is 2.12. The van der Waals surface area contributed by atoms with Crippen LogP contribution in [0.1, 0.15) is 38.8 Å². The lowest BCUT2D eigenvalue weighted by Gasteiger charge is -2.18. The first-order valence-corrected chi connectivity index (χ1v) is 6.56. The van der Waals surface area contributed by atoms with Gasteiger partial charge in [-0.3, -0.25) is 9.59 Å². The van der Waals surface area contributed by atoms with Crippen molar-refractivity contribution >= 4 is 18.0 Å². The Morgan fingerprint density at radius 2 is 1.75 bits per heavy atom. The molecule has 1 aromatic carbocycles. The van der Waals surface area contributed by atoms with Gasteiger partial charge in [-0.25, -0.2) is 5.43 Å².